The van der Waals surface area contributed by atoms with Gasteiger partial charge in [-0.2, -0.15) is 0 Å². The van der Waals surface area contributed by atoms with Crippen LogP contribution in [-0.4, -0.2) is 30.2 Å². The number of hydrogen-bond acceptors (Lipinski definition) is 3. The number of hydrogen-bond donors (Lipinski definition) is 1. The zero-order chi connectivity index (χ0) is 15.5. The molecule has 1 saturated carbocycles. The molecule has 2 fully saturated rings. The lowest BCUT2D eigenvalue weighted by Gasteiger charge is -2.41. The van der Waals surface area contributed by atoms with Crippen LogP contribution in [0.4, 0.5) is 5.69 Å². The van der Waals surface area contributed by atoms with Gasteiger partial charge in [0.1, 0.15) is 0 Å². The van der Waals surface area contributed by atoms with Gasteiger partial charge in [-0.1, -0.05) is 30.3 Å². The summed E-state index contributed by atoms with van der Waals surface area (Å²) >= 11 is 0. The van der Waals surface area contributed by atoms with Crippen LogP contribution in [0.1, 0.15) is 37.2 Å². The van der Waals surface area contributed by atoms with E-state index in [4.69, 9.17) is 0 Å². The lowest BCUT2D eigenvalue weighted by Crippen LogP contribution is -2.50. The highest BCUT2D eigenvalue weighted by Crippen LogP contribution is 2.37. The summed E-state index contributed by atoms with van der Waals surface area (Å²) in [6, 6.07) is 16.6. The summed E-state index contributed by atoms with van der Waals surface area (Å²) in [6.07, 6.45) is 8.86. The lowest BCUT2D eigenvalue weighted by molar-refractivity contribution is 0.248. The van der Waals surface area contributed by atoms with Gasteiger partial charge in [-0.25, -0.2) is 0 Å². The molecule has 4 rings (SSSR count). The molecular weight excluding hydrogens is 282 g/mol. The first-order chi connectivity index (χ1) is 11.4. The van der Waals surface area contributed by atoms with Gasteiger partial charge >= 0.3 is 0 Å². The number of aromatic nitrogens is 1. The minimum atomic E-state index is 0.690. The largest absolute Gasteiger partial charge is 0.371 e. The van der Waals surface area contributed by atoms with E-state index >= 15 is 0 Å². The summed E-state index contributed by atoms with van der Waals surface area (Å²) in [4.78, 5) is 6.59. The van der Waals surface area contributed by atoms with Crippen molar-refractivity contribution in [1.82, 2.24) is 10.3 Å². The fourth-order valence-electron chi connectivity index (χ4n) is 3.94. The monoisotopic (exact) mass is 307 g/mol. The molecule has 0 unspecified atom stereocenters. The highest BCUT2D eigenvalue weighted by Gasteiger charge is 2.32. The molecule has 0 bridgehead atoms. The van der Waals surface area contributed by atoms with Crippen molar-refractivity contribution in [3.8, 4) is 0 Å². The quantitative estimate of drug-likeness (QED) is 0.935. The smallest absolute Gasteiger partial charge is 0.0397 e. The van der Waals surface area contributed by atoms with Crippen LogP contribution < -0.4 is 10.2 Å². The van der Waals surface area contributed by atoms with Crippen LogP contribution in [0.2, 0.25) is 0 Å². The van der Waals surface area contributed by atoms with Crippen LogP contribution in [0.15, 0.2) is 54.9 Å². The van der Waals surface area contributed by atoms with Gasteiger partial charge in [0.15, 0.2) is 0 Å². The zero-order valence-corrected chi connectivity index (χ0v) is 13.6. The third-order valence-corrected chi connectivity index (χ3v) is 5.40. The first kappa shape index (κ1) is 14.7. The Kier molecular flexibility index (Phi) is 4.29. The van der Waals surface area contributed by atoms with E-state index in [2.05, 4.69) is 57.7 Å². The van der Waals surface area contributed by atoms with Gasteiger partial charge in [0.05, 0.1) is 0 Å². The van der Waals surface area contributed by atoms with E-state index in [0.717, 1.165) is 25.0 Å². The van der Waals surface area contributed by atoms with Crippen molar-refractivity contribution in [2.75, 3.05) is 18.0 Å². The van der Waals surface area contributed by atoms with E-state index in [-0.39, 0.29) is 0 Å². The highest BCUT2D eigenvalue weighted by molar-refractivity contribution is 5.44. The van der Waals surface area contributed by atoms with E-state index in [1.54, 1.807) is 0 Å². The summed E-state index contributed by atoms with van der Waals surface area (Å²) in [6.45, 7) is 2.30. The van der Waals surface area contributed by atoms with Crippen molar-refractivity contribution in [2.24, 2.45) is 0 Å². The van der Waals surface area contributed by atoms with Gasteiger partial charge in [0.25, 0.3) is 0 Å². The molecular formula is C20H25N3. The summed E-state index contributed by atoms with van der Waals surface area (Å²) in [5, 5.41) is 3.89. The molecule has 1 aliphatic heterocycles. The summed E-state index contributed by atoms with van der Waals surface area (Å²) in [5.41, 5.74) is 2.82. The SMILES string of the molecule is c1ccc(C2CC(NC3CCN(c4ccncc4)CC3)C2)cc1. The van der Waals surface area contributed by atoms with E-state index in [1.807, 2.05) is 12.4 Å². The average Bonchev–Trinajstić information content (AvgIpc) is 2.60. The van der Waals surface area contributed by atoms with Crippen molar-refractivity contribution in [3.63, 3.8) is 0 Å². The molecule has 1 N–H and O–H groups in total. The molecule has 1 aromatic heterocycles. The molecule has 0 atom stereocenters. The first-order valence-electron chi connectivity index (χ1n) is 8.84. The second-order valence-electron chi connectivity index (χ2n) is 6.91. The Morgan fingerprint density at radius 2 is 1.57 bits per heavy atom. The predicted octanol–water partition coefficient (Wildman–Crippen LogP) is 3.59. The summed E-state index contributed by atoms with van der Waals surface area (Å²) < 4.78 is 0. The topological polar surface area (TPSA) is 28.2 Å². The van der Waals surface area contributed by atoms with E-state index in [1.165, 1.54) is 36.9 Å². The van der Waals surface area contributed by atoms with Crippen molar-refractivity contribution in [2.45, 2.75) is 43.7 Å². The van der Waals surface area contributed by atoms with E-state index in [9.17, 15) is 0 Å². The van der Waals surface area contributed by atoms with Crippen LogP contribution >= 0.6 is 0 Å². The minimum Gasteiger partial charge on any atom is -0.371 e. The van der Waals surface area contributed by atoms with Crippen molar-refractivity contribution >= 4 is 5.69 Å². The molecule has 2 aromatic rings. The number of rotatable bonds is 4. The lowest BCUT2D eigenvalue weighted by atomic mass is 9.75. The van der Waals surface area contributed by atoms with Crippen LogP contribution in [-0.2, 0) is 0 Å². The van der Waals surface area contributed by atoms with Gasteiger partial charge in [0, 0.05) is 43.3 Å². The Balaban J connectivity index is 1.22. The maximum Gasteiger partial charge on any atom is 0.0397 e. The third kappa shape index (κ3) is 3.40. The highest BCUT2D eigenvalue weighted by atomic mass is 15.2. The van der Waals surface area contributed by atoms with Gasteiger partial charge < -0.3 is 10.2 Å². The first-order valence-corrected chi connectivity index (χ1v) is 8.84. The molecule has 0 amide bonds. The van der Waals surface area contributed by atoms with E-state index < -0.39 is 0 Å². The molecule has 1 aromatic carbocycles. The molecule has 2 heterocycles. The van der Waals surface area contributed by atoms with Gasteiger partial charge in [-0.3, -0.25) is 4.98 Å². The van der Waals surface area contributed by atoms with Crippen LogP contribution in [0.3, 0.4) is 0 Å². The van der Waals surface area contributed by atoms with E-state index in [0.29, 0.717) is 6.04 Å². The second-order valence-corrected chi connectivity index (χ2v) is 6.91. The Hall–Kier alpha value is -1.87. The maximum absolute atomic E-state index is 4.11. The third-order valence-electron chi connectivity index (χ3n) is 5.40. The molecule has 1 saturated heterocycles. The standard InChI is InChI=1S/C20H25N3/c1-2-4-16(5-3-1)17-14-19(15-17)22-18-8-12-23(13-9-18)20-6-10-21-11-7-20/h1-7,10-11,17-19,22H,8-9,12-15H2. The molecule has 3 heteroatoms. The Bertz CT molecular complexity index is 599. The van der Waals surface area contributed by atoms with Crippen LogP contribution in [0.25, 0.3) is 0 Å². The fourth-order valence-corrected chi connectivity index (χ4v) is 3.94. The average molecular weight is 307 g/mol. The fraction of sp³-hybridized carbons (Fsp3) is 0.450. The normalized spacial score (nSPS) is 25.1. The Morgan fingerprint density at radius 3 is 2.26 bits per heavy atom. The van der Waals surface area contributed by atoms with Gasteiger partial charge in [-0.05, 0) is 49.3 Å². The number of piperidine rings is 1. The Labute approximate surface area is 138 Å². The molecule has 3 nitrogen and oxygen atoms in total. The molecule has 2 aliphatic rings. The number of pyridine rings is 1. The van der Waals surface area contributed by atoms with Crippen LogP contribution in [0.5, 0.6) is 0 Å². The second kappa shape index (κ2) is 6.71. The summed E-state index contributed by atoms with van der Waals surface area (Å²) in [7, 11) is 0. The van der Waals surface area contributed by atoms with Crippen LogP contribution in [0, 0.1) is 0 Å². The Morgan fingerprint density at radius 1 is 0.870 bits per heavy atom. The minimum absolute atomic E-state index is 0.690. The van der Waals surface area contributed by atoms with Crippen molar-refractivity contribution < 1.29 is 0 Å². The maximum atomic E-state index is 4.11. The summed E-state index contributed by atoms with van der Waals surface area (Å²) in [5.74, 6) is 0.769. The van der Waals surface area contributed by atoms with Crippen molar-refractivity contribution in [3.05, 3.63) is 60.4 Å². The molecule has 120 valence electrons. The number of benzene rings is 1. The molecule has 0 radical (unpaired) electrons. The predicted molar refractivity (Wildman–Crippen MR) is 94.8 cm³/mol. The van der Waals surface area contributed by atoms with Gasteiger partial charge in [-0.15, -0.1) is 0 Å². The molecule has 1 aliphatic carbocycles. The number of anilines is 1. The number of nitrogens with zero attached hydrogens (tertiary/aromatic N) is 2. The molecule has 23 heavy (non-hydrogen) atoms. The zero-order valence-electron chi connectivity index (χ0n) is 13.6. The van der Waals surface area contributed by atoms with Gasteiger partial charge in [0.2, 0.25) is 0 Å². The molecule has 0 spiro atoms. The van der Waals surface area contributed by atoms with Crippen molar-refractivity contribution in [1.29, 1.82) is 0 Å². The number of nitrogens with one attached hydrogen (secondary N) is 1.